The second-order valence-electron chi connectivity index (χ2n) is 7.68. The average Bonchev–Trinajstić information content (AvgIpc) is 3.18. The van der Waals surface area contributed by atoms with E-state index < -0.39 is 18.1 Å². The van der Waals surface area contributed by atoms with Crippen LogP contribution in [0.2, 0.25) is 0 Å². The summed E-state index contributed by atoms with van der Waals surface area (Å²) in [4.78, 5) is 11.7. The van der Waals surface area contributed by atoms with Gasteiger partial charge in [-0.2, -0.15) is 5.26 Å². The Morgan fingerprint density at radius 3 is 2.31 bits per heavy atom. The summed E-state index contributed by atoms with van der Waals surface area (Å²) < 4.78 is 62.2. The second-order valence-corrected chi connectivity index (χ2v) is 8.12. The van der Waals surface area contributed by atoms with E-state index in [4.69, 9.17) is 0 Å². The fourth-order valence-corrected chi connectivity index (χ4v) is 3.95. The van der Waals surface area contributed by atoms with Crippen LogP contribution in [-0.2, 0) is 9.61 Å². The highest BCUT2D eigenvalue weighted by molar-refractivity contribution is 14.1. The zero-order valence-corrected chi connectivity index (χ0v) is 20.4. The summed E-state index contributed by atoms with van der Waals surface area (Å²) in [5.74, 6) is -1.32. The van der Waals surface area contributed by atoms with Gasteiger partial charge in [-0.15, -0.1) is 13.2 Å². The molecule has 0 N–H and O–H groups in total. The third-order valence-electron chi connectivity index (χ3n) is 5.31. The quantitative estimate of drug-likeness (QED) is 0.131. The van der Waals surface area contributed by atoms with Crippen LogP contribution in [0.3, 0.4) is 0 Å². The third kappa shape index (κ3) is 5.85. The standard InChI is InChI=1S/C26H15F4IN2O3/c27-21-7-1-16(2-8-21)14-33-15-20(23-10-9-22(12-24(23)33)35-26(28,29)30)11-19(13-32)17-3-5-18(6-4-17)25(34)36-31/h1-12,15H,14H2/b19-11+. The molecule has 5 nitrogen and oxygen atoms in total. The molecule has 0 aliphatic rings. The van der Waals surface area contributed by atoms with Gasteiger partial charge in [0.05, 0.1) is 22.7 Å². The van der Waals surface area contributed by atoms with Gasteiger partial charge >= 0.3 is 12.3 Å². The fourth-order valence-electron chi connectivity index (χ4n) is 3.70. The molecule has 0 fully saturated rings. The van der Waals surface area contributed by atoms with E-state index in [0.717, 1.165) is 5.56 Å². The molecule has 0 saturated heterocycles. The molecule has 4 rings (SSSR count). The number of hydrogen-bond donors (Lipinski definition) is 0. The molecule has 4 aromatic rings. The van der Waals surface area contributed by atoms with Gasteiger partial charge in [-0.25, -0.2) is 9.18 Å². The smallest absolute Gasteiger partial charge is 0.406 e. The lowest BCUT2D eigenvalue weighted by molar-refractivity contribution is -0.274. The number of benzene rings is 3. The van der Waals surface area contributed by atoms with E-state index in [0.29, 0.717) is 27.6 Å². The number of ether oxygens (including phenoxy) is 1. The number of halogens is 5. The lowest BCUT2D eigenvalue weighted by Crippen LogP contribution is -2.17. The molecule has 3 aromatic carbocycles. The van der Waals surface area contributed by atoms with Crippen molar-refractivity contribution in [1.82, 2.24) is 4.57 Å². The van der Waals surface area contributed by atoms with Gasteiger partial charge in [0, 0.05) is 29.8 Å². The first kappa shape index (κ1) is 25.2. The van der Waals surface area contributed by atoms with Crippen LogP contribution in [0.1, 0.15) is 27.0 Å². The van der Waals surface area contributed by atoms with Crippen LogP contribution in [0, 0.1) is 17.1 Å². The van der Waals surface area contributed by atoms with Crippen LogP contribution < -0.4 is 4.74 Å². The van der Waals surface area contributed by atoms with Crippen molar-refractivity contribution >= 4 is 51.5 Å². The summed E-state index contributed by atoms with van der Waals surface area (Å²) in [5, 5.41) is 10.4. The third-order valence-corrected chi connectivity index (χ3v) is 5.71. The first-order valence-corrected chi connectivity index (χ1v) is 11.2. The first-order valence-electron chi connectivity index (χ1n) is 10.3. The Kier molecular flexibility index (Phi) is 7.30. The molecule has 1 aromatic heterocycles. The molecule has 0 aliphatic heterocycles. The van der Waals surface area contributed by atoms with Gasteiger partial charge in [-0.3, -0.25) is 0 Å². The van der Waals surface area contributed by atoms with Gasteiger partial charge in [0.25, 0.3) is 0 Å². The van der Waals surface area contributed by atoms with E-state index in [2.05, 4.69) is 13.9 Å². The highest BCUT2D eigenvalue weighted by atomic mass is 127. The predicted octanol–water partition coefficient (Wildman–Crippen LogP) is 7.30. The van der Waals surface area contributed by atoms with Crippen molar-refractivity contribution in [2.75, 3.05) is 0 Å². The topological polar surface area (TPSA) is 64.2 Å². The van der Waals surface area contributed by atoms with E-state index >= 15 is 0 Å². The van der Waals surface area contributed by atoms with Gasteiger partial charge in [0.2, 0.25) is 0 Å². The van der Waals surface area contributed by atoms with Crippen molar-refractivity contribution < 1.29 is 30.2 Å². The minimum absolute atomic E-state index is 0.245. The minimum atomic E-state index is -4.85. The lowest BCUT2D eigenvalue weighted by atomic mass is 10.0. The molecule has 1 heterocycles. The largest absolute Gasteiger partial charge is 0.573 e. The molecule has 182 valence electrons. The number of fused-ring (bicyclic) bond motifs is 1. The van der Waals surface area contributed by atoms with Crippen molar-refractivity contribution in [2.45, 2.75) is 12.9 Å². The summed E-state index contributed by atoms with van der Waals surface area (Å²) >= 11 is 1.48. The lowest BCUT2D eigenvalue weighted by Gasteiger charge is -2.10. The number of rotatable bonds is 6. The molecule has 36 heavy (non-hydrogen) atoms. The van der Waals surface area contributed by atoms with Crippen LogP contribution >= 0.6 is 23.0 Å². The molecule has 0 aliphatic carbocycles. The summed E-state index contributed by atoms with van der Waals surface area (Å²) in [5.41, 5.74) is 2.88. The molecule has 10 heteroatoms. The van der Waals surface area contributed by atoms with E-state index in [-0.39, 0.29) is 17.9 Å². The zero-order chi connectivity index (χ0) is 25.9. The number of allylic oxidation sites excluding steroid dienone is 1. The van der Waals surface area contributed by atoms with Crippen molar-refractivity contribution in [1.29, 1.82) is 5.26 Å². The maximum absolute atomic E-state index is 13.3. The van der Waals surface area contributed by atoms with Crippen molar-refractivity contribution in [3.63, 3.8) is 0 Å². The molecular weight excluding hydrogens is 591 g/mol. The Bertz CT molecular complexity index is 1490. The van der Waals surface area contributed by atoms with Crippen LogP contribution in [0.25, 0.3) is 22.6 Å². The Morgan fingerprint density at radius 1 is 1.03 bits per heavy atom. The number of carbonyl (C=O) groups excluding carboxylic acids is 1. The number of nitrogens with zero attached hydrogens (tertiary/aromatic N) is 2. The molecule has 0 bridgehead atoms. The maximum Gasteiger partial charge on any atom is 0.573 e. The number of nitriles is 1. The van der Waals surface area contributed by atoms with Crippen LogP contribution in [-0.4, -0.2) is 16.9 Å². The number of carbonyl (C=O) groups is 1. The minimum Gasteiger partial charge on any atom is -0.406 e. The van der Waals surface area contributed by atoms with E-state index in [9.17, 15) is 27.6 Å². The Labute approximate surface area is 216 Å². The molecule has 0 radical (unpaired) electrons. The van der Waals surface area contributed by atoms with Crippen LogP contribution in [0.15, 0.2) is 72.9 Å². The number of alkyl halides is 3. The predicted molar refractivity (Wildman–Crippen MR) is 133 cm³/mol. The van der Waals surface area contributed by atoms with Gasteiger partial charge in [0.15, 0.2) is 23.0 Å². The Balaban J connectivity index is 1.79. The maximum atomic E-state index is 13.3. The number of hydrogen-bond acceptors (Lipinski definition) is 4. The van der Waals surface area contributed by atoms with Crippen LogP contribution in [0.4, 0.5) is 17.6 Å². The summed E-state index contributed by atoms with van der Waals surface area (Å²) in [6.45, 7) is 0.245. The second kappa shape index (κ2) is 10.4. The van der Waals surface area contributed by atoms with Gasteiger partial charge in [0.1, 0.15) is 11.6 Å². The monoisotopic (exact) mass is 606 g/mol. The van der Waals surface area contributed by atoms with Gasteiger partial charge in [-0.05, 0) is 53.6 Å². The van der Waals surface area contributed by atoms with E-state index in [1.165, 1.54) is 65.5 Å². The van der Waals surface area contributed by atoms with Crippen molar-refractivity contribution in [3.05, 3.63) is 101 Å². The molecule has 0 saturated carbocycles. The summed E-state index contributed by atoms with van der Waals surface area (Å²) in [7, 11) is 0. The van der Waals surface area contributed by atoms with Crippen LogP contribution in [0.5, 0.6) is 5.75 Å². The molecule has 0 spiro atoms. The number of aromatic nitrogens is 1. The van der Waals surface area contributed by atoms with Gasteiger partial charge < -0.3 is 12.4 Å². The van der Waals surface area contributed by atoms with Crippen molar-refractivity contribution in [3.8, 4) is 11.8 Å². The molecule has 0 amide bonds. The summed E-state index contributed by atoms with van der Waals surface area (Å²) in [6.07, 6.45) is -1.54. The summed E-state index contributed by atoms with van der Waals surface area (Å²) in [6, 6.07) is 18.1. The molecular formula is C26H15F4IN2O3. The SMILES string of the molecule is N#C/C(=C\c1cn(Cc2ccc(F)cc2)c2cc(OC(F)(F)F)ccc12)c1ccc(C(=O)OI)cc1. The highest BCUT2D eigenvalue weighted by Crippen LogP contribution is 2.32. The first-order chi connectivity index (χ1) is 17.2. The molecule has 0 atom stereocenters. The molecule has 0 unspecified atom stereocenters. The van der Waals surface area contributed by atoms with E-state index in [1.54, 1.807) is 41.1 Å². The normalized spacial score (nSPS) is 11.8. The van der Waals surface area contributed by atoms with Crippen molar-refractivity contribution in [2.24, 2.45) is 0 Å². The highest BCUT2D eigenvalue weighted by Gasteiger charge is 2.31. The zero-order valence-electron chi connectivity index (χ0n) is 18.2. The Morgan fingerprint density at radius 2 is 1.69 bits per heavy atom. The van der Waals surface area contributed by atoms with Gasteiger partial charge in [-0.1, -0.05) is 24.3 Å². The van der Waals surface area contributed by atoms with E-state index in [1.807, 2.05) is 0 Å². The fraction of sp³-hybridized carbons (Fsp3) is 0.0769. The average molecular weight is 606 g/mol. The Hall–Kier alpha value is -3.85.